The first-order valence-electron chi connectivity index (χ1n) is 6.11. The summed E-state index contributed by atoms with van der Waals surface area (Å²) in [7, 11) is 0. The number of hydrogen-bond donors (Lipinski definition) is 1. The van der Waals surface area contributed by atoms with E-state index in [9.17, 15) is 18.3 Å². The van der Waals surface area contributed by atoms with Crippen molar-refractivity contribution in [1.29, 1.82) is 0 Å². The van der Waals surface area contributed by atoms with Crippen LogP contribution in [0.15, 0.2) is 42.5 Å². The van der Waals surface area contributed by atoms with Crippen molar-refractivity contribution in [2.45, 2.75) is 19.9 Å². The minimum absolute atomic E-state index is 0.126. The van der Waals surface area contributed by atoms with E-state index in [0.29, 0.717) is 16.9 Å². The molecular formula is C15H13F3O3. The summed E-state index contributed by atoms with van der Waals surface area (Å²) in [6, 6.07) is 10.3. The molecule has 0 unspecified atom stereocenters. The molecular weight excluding hydrogens is 285 g/mol. The molecule has 0 bridgehead atoms. The molecule has 0 radical (unpaired) electrons. The lowest BCUT2D eigenvalue weighted by Crippen LogP contribution is -2.17. The molecule has 0 amide bonds. The fourth-order valence-corrected chi connectivity index (χ4v) is 1.71. The number of benzene rings is 2. The molecule has 0 fully saturated rings. The zero-order valence-electron chi connectivity index (χ0n) is 11.1. The highest BCUT2D eigenvalue weighted by Gasteiger charge is 2.30. The number of rotatable bonds is 4. The maximum Gasteiger partial charge on any atom is 0.573 e. The van der Waals surface area contributed by atoms with Crippen LogP contribution in [0, 0.1) is 6.92 Å². The third-order valence-corrected chi connectivity index (χ3v) is 2.81. The second-order valence-corrected chi connectivity index (χ2v) is 4.38. The lowest BCUT2D eigenvalue weighted by atomic mass is 10.2. The molecule has 0 spiro atoms. The second-order valence-electron chi connectivity index (χ2n) is 4.38. The van der Waals surface area contributed by atoms with Crippen molar-refractivity contribution in [1.82, 2.24) is 0 Å². The van der Waals surface area contributed by atoms with E-state index in [2.05, 4.69) is 4.74 Å². The average molecular weight is 298 g/mol. The third kappa shape index (κ3) is 4.30. The zero-order chi connectivity index (χ0) is 15.5. The molecule has 2 aromatic carbocycles. The lowest BCUT2D eigenvalue weighted by molar-refractivity contribution is -0.274. The minimum Gasteiger partial charge on any atom is -0.508 e. The van der Waals surface area contributed by atoms with Crippen molar-refractivity contribution in [3.05, 3.63) is 53.6 Å². The highest BCUT2D eigenvalue weighted by Crippen LogP contribution is 2.27. The molecule has 0 aromatic heterocycles. The van der Waals surface area contributed by atoms with Gasteiger partial charge >= 0.3 is 6.36 Å². The Morgan fingerprint density at radius 2 is 1.71 bits per heavy atom. The smallest absolute Gasteiger partial charge is 0.508 e. The first kappa shape index (κ1) is 15.0. The van der Waals surface area contributed by atoms with Crippen molar-refractivity contribution in [3.8, 4) is 17.2 Å². The van der Waals surface area contributed by atoms with Gasteiger partial charge in [-0.1, -0.05) is 18.2 Å². The Morgan fingerprint density at radius 3 is 2.33 bits per heavy atom. The Labute approximate surface area is 119 Å². The van der Waals surface area contributed by atoms with E-state index in [4.69, 9.17) is 4.74 Å². The molecule has 2 rings (SSSR count). The molecule has 0 saturated carbocycles. The van der Waals surface area contributed by atoms with Gasteiger partial charge in [0.25, 0.3) is 0 Å². The van der Waals surface area contributed by atoms with Crippen LogP contribution in [0.4, 0.5) is 13.2 Å². The summed E-state index contributed by atoms with van der Waals surface area (Å²) in [5.41, 5.74) is 1.29. The number of ether oxygens (including phenoxy) is 2. The van der Waals surface area contributed by atoms with E-state index >= 15 is 0 Å². The summed E-state index contributed by atoms with van der Waals surface area (Å²) in [6.45, 7) is 1.89. The van der Waals surface area contributed by atoms with Gasteiger partial charge in [-0.25, -0.2) is 0 Å². The fourth-order valence-electron chi connectivity index (χ4n) is 1.71. The van der Waals surface area contributed by atoms with Gasteiger partial charge in [-0.3, -0.25) is 0 Å². The molecule has 6 heteroatoms. The van der Waals surface area contributed by atoms with Crippen molar-refractivity contribution in [3.63, 3.8) is 0 Å². The van der Waals surface area contributed by atoms with E-state index in [1.54, 1.807) is 25.1 Å². The van der Waals surface area contributed by atoms with Gasteiger partial charge in [0.2, 0.25) is 0 Å². The van der Waals surface area contributed by atoms with Crippen LogP contribution in [0.3, 0.4) is 0 Å². The molecule has 112 valence electrons. The van der Waals surface area contributed by atoms with Crippen LogP contribution in [-0.2, 0) is 6.61 Å². The summed E-state index contributed by atoms with van der Waals surface area (Å²) in [4.78, 5) is 0. The molecule has 21 heavy (non-hydrogen) atoms. The summed E-state index contributed by atoms with van der Waals surface area (Å²) < 4.78 is 45.4. The number of phenolic OH excluding ortho intramolecular Hbond substituents is 1. The van der Waals surface area contributed by atoms with E-state index in [0.717, 1.165) is 0 Å². The Balaban J connectivity index is 1.99. The Morgan fingerprint density at radius 1 is 1.05 bits per heavy atom. The first-order valence-corrected chi connectivity index (χ1v) is 6.11. The van der Waals surface area contributed by atoms with Crippen molar-refractivity contribution >= 4 is 0 Å². The molecule has 0 heterocycles. The number of aromatic hydroxyl groups is 1. The van der Waals surface area contributed by atoms with Crippen LogP contribution in [0.25, 0.3) is 0 Å². The highest BCUT2D eigenvalue weighted by atomic mass is 19.4. The lowest BCUT2D eigenvalue weighted by Gasteiger charge is -2.11. The predicted octanol–water partition coefficient (Wildman–Crippen LogP) is 4.18. The van der Waals surface area contributed by atoms with Crippen molar-refractivity contribution in [2.75, 3.05) is 0 Å². The Hall–Kier alpha value is -2.37. The largest absolute Gasteiger partial charge is 0.573 e. The van der Waals surface area contributed by atoms with Crippen LogP contribution in [0.2, 0.25) is 0 Å². The fraction of sp³-hybridized carbons (Fsp3) is 0.200. The van der Waals surface area contributed by atoms with Crippen LogP contribution < -0.4 is 9.47 Å². The Kier molecular flexibility index (Phi) is 4.26. The summed E-state index contributed by atoms with van der Waals surface area (Å²) >= 11 is 0. The molecule has 0 aliphatic rings. The zero-order valence-corrected chi connectivity index (χ0v) is 11.1. The van der Waals surface area contributed by atoms with Gasteiger partial charge in [0.1, 0.15) is 23.9 Å². The summed E-state index contributed by atoms with van der Waals surface area (Å²) in [5.74, 6) is 0.367. The normalized spacial score (nSPS) is 11.2. The maximum atomic E-state index is 12.0. The van der Waals surface area contributed by atoms with Crippen LogP contribution in [0.1, 0.15) is 11.1 Å². The third-order valence-electron chi connectivity index (χ3n) is 2.81. The quantitative estimate of drug-likeness (QED) is 0.920. The molecule has 0 aliphatic heterocycles. The topological polar surface area (TPSA) is 38.7 Å². The predicted molar refractivity (Wildman–Crippen MR) is 70.3 cm³/mol. The van der Waals surface area contributed by atoms with Gasteiger partial charge in [-0.15, -0.1) is 13.2 Å². The molecule has 0 aliphatic carbocycles. The molecule has 1 N–H and O–H groups in total. The highest BCUT2D eigenvalue weighted by molar-refractivity contribution is 5.42. The Bertz CT molecular complexity index is 607. The molecule has 2 aromatic rings. The summed E-state index contributed by atoms with van der Waals surface area (Å²) in [5, 5.41) is 9.54. The van der Waals surface area contributed by atoms with Crippen molar-refractivity contribution < 1.29 is 27.8 Å². The standard InChI is InChI=1S/C15H13F3O3/c1-10-13(19)3-2-4-14(10)20-9-11-5-7-12(8-6-11)21-15(16,17)18/h2-8,19H,9H2,1H3. The summed E-state index contributed by atoms with van der Waals surface area (Å²) in [6.07, 6.45) is -4.70. The van der Waals surface area contributed by atoms with Gasteiger partial charge in [-0.05, 0) is 36.8 Å². The number of phenols is 1. The van der Waals surface area contributed by atoms with Crippen LogP contribution in [0.5, 0.6) is 17.2 Å². The van der Waals surface area contributed by atoms with Gasteiger partial charge < -0.3 is 14.6 Å². The SMILES string of the molecule is Cc1c(O)cccc1OCc1ccc(OC(F)(F)F)cc1. The van der Waals surface area contributed by atoms with Crippen LogP contribution >= 0.6 is 0 Å². The maximum absolute atomic E-state index is 12.0. The first-order chi connectivity index (χ1) is 9.85. The second kappa shape index (κ2) is 5.95. The number of hydrogen-bond acceptors (Lipinski definition) is 3. The molecule has 0 saturated heterocycles. The number of alkyl halides is 3. The van der Waals surface area contributed by atoms with E-state index in [-0.39, 0.29) is 18.1 Å². The van der Waals surface area contributed by atoms with Gasteiger partial charge in [0, 0.05) is 5.56 Å². The molecule has 0 atom stereocenters. The van der Waals surface area contributed by atoms with E-state index in [1.807, 2.05) is 0 Å². The van der Waals surface area contributed by atoms with E-state index in [1.165, 1.54) is 24.3 Å². The van der Waals surface area contributed by atoms with Gasteiger partial charge in [0.15, 0.2) is 0 Å². The van der Waals surface area contributed by atoms with E-state index < -0.39 is 6.36 Å². The molecule has 3 nitrogen and oxygen atoms in total. The van der Waals surface area contributed by atoms with Crippen LogP contribution in [-0.4, -0.2) is 11.5 Å². The number of halogens is 3. The average Bonchev–Trinajstić information content (AvgIpc) is 2.40. The monoisotopic (exact) mass is 298 g/mol. The minimum atomic E-state index is -4.70. The van der Waals surface area contributed by atoms with Crippen molar-refractivity contribution in [2.24, 2.45) is 0 Å². The van der Waals surface area contributed by atoms with Gasteiger partial charge in [-0.2, -0.15) is 0 Å². The van der Waals surface area contributed by atoms with Gasteiger partial charge in [0.05, 0.1) is 0 Å².